The topological polar surface area (TPSA) is 42.4 Å². The van der Waals surface area contributed by atoms with Crippen molar-refractivity contribution in [3.8, 4) is 5.75 Å². The van der Waals surface area contributed by atoms with E-state index in [4.69, 9.17) is 16.3 Å². The molecule has 0 unspecified atom stereocenters. The monoisotopic (exact) mass is 249 g/mol. The number of pyridine rings is 1. The van der Waals surface area contributed by atoms with E-state index in [1.54, 1.807) is 30.6 Å². The van der Waals surface area contributed by atoms with Crippen molar-refractivity contribution in [2.24, 2.45) is 0 Å². The zero-order chi connectivity index (χ0) is 12.1. The first kappa shape index (κ1) is 11.9. The molecule has 0 aliphatic carbocycles. The number of rotatable bonds is 4. The molecule has 0 amide bonds. The van der Waals surface area contributed by atoms with E-state index in [1.807, 2.05) is 12.1 Å². The highest BCUT2D eigenvalue weighted by Crippen LogP contribution is 2.23. The number of hydrogen-bond acceptors (Lipinski definition) is 3. The van der Waals surface area contributed by atoms with Crippen LogP contribution in [0.5, 0.6) is 5.75 Å². The first-order valence-corrected chi connectivity index (χ1v) is 5.58. The summed E-state index contributed by atoms with van der Waals surface area (Å²) in [5.41, 5.74) is 1.66. The molecular weight excluding hydrogens is 238 g/mol. The summed E-state index contributed by atoms with van der Waals surface area (Å²) in [5.74, 6) is 0.640. The predicted octanol–water partition coefficient (Wildman–Crippen LogP) is 2.81. The second kappa shape index (κ2) is 5.66. The molecule has 0 saturated heterocycles. The third-order valence-corrected chi connectivity index (χ3v) is 2.55. The third-order valence-electron chi connectivity index (χ3n) is 2.31. The van der Waals surface area contributed by atoms with Crippen LogP contribution in [-0.2, 0) is 13.2 Å². The second-order valence-corrected chi connectivity index (χ2v) is 4.00. The number of aliphatic hydroxyl groups is 1. The van der Waals surface area contributed by atoms with E-state index in [2.05, 4.69) is 4.98 Å². The average Bonchev–Trinajstić information content (AvgIpc) is 2.38. The predicted molar refractivity (Wildman–Crippen MR) is 65.9 cm³/mol. The van der Waals surface area contributed by atoms with Gasteiger partial charge in [-0.25, -0.2) is 0 Å². The Balaban J connectivity index is 2.09. The molecule has 0 saturated carbocycles. The van der Waals surface area contributed by atoms with Crippen molar-refractivity contribution in [3.05, 3.63) is 58.9 Å². The van der Waals surface area contributed by atoms with Gasteiger partial charge in [0.25, 0.3) is 0 Å². The van der Waals surface area contributed by atoms with Gasteiger partial charge in [-0.05, 0) is 24.3 Å². The van der Waals surface area contributed by atoms with E-state index < -0.39 is 0 Å². The molecule has 1 heterocycles. The molecule has 0 aliphatic heterocycles. The molecule has 1 N–H and O–H groups in total. The summed E-state index contributed by atoms with van der Waals surface area (Å²) >= 11 is 5.84. The Hall–Kier alpha value is -1.58. The maximum atomic E-state index is 9.19. The number of benzene rings is 1. The Kier molecular flexibility index (Phi) is 3.96. The van der Waals surface area contributed by atoms with Gasteiger partial charge in [-0.2, -0.15) is 0 Å². The van der Waals surface area contributed by atoms with E-state index in [1.165, 1.54) is 0 Å². The number of ether oxygens (including phenoxy) is 1. The van der Waals surface area contributed by atoms with Crippen LogP contribution in [0.25, 0.3) is 0 Å². The van der Waals surface area contributed by atoms with Gasteiger partial charge in [0, 0.05) is 28.5 Å². The summed E-state index contributed by atoms with van der Waals surface area (Å²) in [6, 6.07) is 8.97. The molecular formula is C13H12ClNO2. The lowest BCUT2D eigenvalue weighted by atomic mass is 10.2. The minimum atomic E-state index is -0.0943. The number of aromatic nitrogens is 1. The molecule has 3 nitrogen and oxygen atoms in total. The standard InChI is InChI=1S/C13H12ClNO2/c14-12-3-4-13(11(6-12)8-16)17-9-10-2-1-5-15-7-10/h1-7,16H,8-9H2. The highest BCUT2D eigenvalue weighted by Gasteiger charge is 2.04. The van der Waals surface area contributed by atoms with Crippen LogP contribution in [0.3, 0.4) is 0 Å². The van der Waals surface area contributed by atoms with Crippen molar-refractivity contribution < 1.29 is 9.84 Å². The number of hydrogen-bond donors (Lipinski definition) is 1. The molecule has 2 rings (SSSR count). The summed E-state index contributed by atoms with van der Waals surface area (Å²) in [4.78, 5) is 4.00. The lowest BCUT2D eigenvalue weighted by Gasteiger charge is -2.10. The minimum Gasteiger partial charge on any atom is -0.488 e. The number of halogens is 1. The van der Waals surface area contributed by atoms with Crippen molar-refractivity contribution in [1.82, 2.24) is 4.98 Å². The first-order valence-electron chi connectivity index (χ1n) is 5.20. The van der Waals surface area contributed by atoms with Crippen LogP contribution in [0.1, 0.15) is 11.1 Å². The van der Waals surface area contributed by atoms with Crippen LogP contribution in [0.15, 0.2) is 42.7 Å². The average molecular weight is 250 g/mol. The van der Waals surface area contributed by atoms with Gasteiger partial charge >= 0.3 is 0 Å². The molecule has 2 aromatic rings. The van der Waals surface area contributed by atoms with E-state index in [-0.39, 0.29) is 6.61 Å². The molecule has 0 aliphatic rings. The Morgan fingerprint density at radius 2 is 2.18 bits per heavy atom. The normalized spacial score (nSPS) is 10.2. The van der Waals surface area contributed by atoms with Gasteiger partial charge in [0.1, 0.15) is 12.4 Å². The second-order valence-electron chi connectivity index (χ2n) is 3.56. The van der Waals surface area contributed by atoms with Crippen molar-refractivity contribution >= 4 is 11.6 Å². The Morgan fingerprint density at radius 1 is 1.29 bits per heavy atom. The highest BCUT2D eigenvalue weighted by atomic mass is 35.5. The summed E-state index contributed by atoms with van der Waals surface area (Å²) in [6.45, 7) is 0.325. The van der Waals surface area contributed by atoms with Gasteiger partial charge in [-0.1, -0.05) is 17.7 Å². The molecule has 1 aromatic heterocycles. The molecule has 0 spiro atoms. The van der Waals surface area contributed by atoms with Crippen LogP contribution in [0, 0.1) is 0 Å². The number of aliphatic hydroxyl groups excluding tert-OH is 1. The number of nitrogens with zero attached hydrogens (tertiary/aromatic N) is 1. The van der Waals surface area contributed by atoms with E-state index in [0.29, 0.717) is 22.9 Å². The smallest absolute Gasteiger partial charge is 0.125 e. The van der Waals surface area contributed by atoms with E-state index in [0.717, 1.165) is 5.56 Å². The molecule has 88 valence electrons. The minimum absolute atomic E-state index is 0.0943. The van der Waals surface area contributed by atoms with Crippen LogP contribution in [-0.4, -0.2) is 10.1 Å². The fraction of sp³-hybridized carbons (Fsp3) is 0.154. The lowest BCUT2D eigenvalue weighted by Crippen LogP contribution is -1.99. The Bertz CT molecular complexity index is 488. The summed E-state index contributed by atoms with van der Waals surface area (Å²) in [7, 11) is 0. The first-order chi connectivity index (χ1) is 8.29. The molecule has 17 heavy (non-hydrogen) atoms. The van der Waals surface area contributed by atoms with Crippen LogP contribution < -0.4 is 4.74 Å². The zero-order valence-electron chi connectivity index (χ0n) is 9.14. The van der Waals surface area contributed by atoms with Crippen molar-refractivity contribution in [2.45, 2.75) is 13.2 Å². The van der Waals surface area contributed by atoms with Gasteiger partial charge in [0.2, 0.25) is 0 Å². The maximum absolute atomic E-state index is 9.19. The molecule has 0 radical (unpaired) electrons. The van der Waals surface area contributed by atoms with Crippen molar-refractivity contribution in [2.75, 3.05) is 0 Å². The van der Waals surface area contributed by atoms with Crippen LogP contribution in [0.2, 0.25) is 5.02 Å². The van der Waals surface area contributed by atoms with Crippen molar-refractivity contribution in [3.63, 3.8) is 0 Å². The van der Waals surface area contributed by atoms with E-state index in [9.17, 15) is 5.11 Å². The molecule has 0 atom stereocenters. The summed E-state index contributed by atoms with van der Waals surface area (Å²) < 4.78 is 5.61. The Morgan fingerprint density at radius 3 is 2.88 bits per heavy atom. The highest BCUT2D eigenvalue weighted by molar-refractivity contribution is 6.30. The lowest BCUT2D eigenvalue weighted by molar-refractivity contribution is 0.259. The molecule has 1 aromatic carbocycles. The Labute approximate surface area is 105 Å². The summed E-state index contributed by atoms with van der Waals surface area (Å²) in [6.07, 6.45) is 3.46. The van der Waals surface area contributed by atoms with Crippen molar-refractivity contribution in [1.29, 1.82) is 0 Å². The summed E-state index contributed by atoms with van der Waals surface area (Å²) in [5, 5.41) is 9.77. The quantitative estimate of drug-likeness (QED) is 0.906. The van der Waals surface area contributed by atoms with E-state index >= 15 is 0 Å². The fourth-order valence-corrected chi connectivity index (χ4v) is 1.65. The largest absolute Gasteiger partial charge is 0.488 e. The zero-order valence-corrected chi connectivity index (χ0v) is 9.89. The molecule has 4 heteroatoms. The van der Waals surface area contributed by atoms with Gasteiger partial charge < -0.3 is 9.84 Å². The molecule has 0 bridgehead atoms. The fourth-order valence-electron chi connectivity index (χ4n) is 1.46. The van der Waals surface area contributed by atoms with Gasteiger partial charge in [0.15, 0.2) is 0 Å². The van der Waals surface area contributed by atoms with Gasteiger partial charge in [-0.15, -0.1) is 0 Å². The van der Waals surface area contributed by atoms with Crippen LogP contribution >= 0.6 is 11.6 Å². The molecule has 0 fully saturated rings. The van der Waals surface area contributed by atoms with Gasteiger partial charge in [-0.3, -0.25) is 4.98 Å². The maximum Gasteiger partial charge on any atom is 0.125 e. The SMILES string of the molecule is OCc1cc(Cl)ccc1OCc1cccnc1. The van der Waals surface area contributed by atoms with Crippen LogP contribution in [0.4, 0.5) is 0 Å². The third kappa shape index (κ3) is 3.19. The van der Waals surface area contributed by atoms with Gasteiger partial charge in [0.05, 0.1) is 6.61 Å².